The molecule has 1 saturated heterocycles. The molecule has 0 saturated carbocycles. The summed E-state index contributed by atoms with van der Waals surface area (Å²) < 4.78 is 11.0. The second-order valence-corrected chi connectivity index (χ2v) is 5.53. The van der Waals surface area contributed by atoms with Crippen LogP contribution in [-0.4, -0.2) is 55.1 Å². The van der Waals surface area contributed by atoms with Gasteiger partial charge in [-0.05, 0) is 37.3 Å². The molecule has 1 atom stereocenters. The van der Waals surface area contributed by atoms with E-state index < -0.39 is 0 Å². The summed E-state index contributed by atoms with van der Waals surface area (Å²) >= 11 is 0. The first-order valence-electron chi connectivity index (χ1n) is 8.15. The number of rotatable bonds is 6. The van der Waals surface area contributed by atoms with Gasteiger partial charge in [0.15, 0.2) is 0 Å². The third kappa shape index (κ3) is 4.12. The van der Waals surface area contributed by atoms with Crippen molar-refractivity contribution in [1.82, 2.24) is 20.8 Å². The summed E-state index contributed by atoms with van der Waals surface area (Å²) in [6.45, 7) is 5.33. The number of carbonyl (C=O) groups excluding carboxylic acids is 1. The van der Waals surface area contributed by atoms with Gasteiger partial charge < -0.3 is 20.1 Å². The van der Waals surface area contributed by atoms with Crippen LogP contribution in [0.15, 0.2) is 30.3 Å². The second-order valence-electron chi connectivity index (χ2n) is 5.53. The highest BCUT2D eigenvalue weighted by molar-refractivity contribution is 5.93. The van der Waals surface area contributed by atoms with Crippen LogP contribution in [0.3, 0.4) is 0 Å². The number of morpholine rings is 1. The average molecular weight is 330 g/mol. The normalized spacial score (nSPS) is 17.5. The summed E-state index contributed by atoms with van der Waals surface area (Å²) in [7, 11) is 0. The van der Waals surface area contributed by atoms with E-state index in [2.05, 4.69) is 20.8 Å². The van der Waals surface area contributed by atoms with Crippen LogP contribution < -0.4 is 15.4 Å². The van der Waals surface area contributed by atoms with Gasteiger partial charge in [-0.15, -0.1) is 0 Å². The first-order chi connectivity index (χ1) is 11.8. The molecule has 24 heavy (non-hydrogen) atoms. The van der Waals surface area contributed by atoms with Gasteiger partial charge in [0.1, 0.15) is 11.4 Å². The third-order valence-corrected chi connectivity index (χ3v) is 3.78. The number of benzene rings is 1. The third-order valence-electron chi connectivity index (χ3n) is 3.78. The summed E-state index contributed by atoms with van der Waals surface area (Å²) in [5.74, 6) is 0.629. The largest absolute Gasteiger partial charge is 0.494 e. The molecule has 0 aliphatic carbocycles. The van der Waals surface area contributed by atoms with Gasteiger partial charge in [0.05, 0.1) is 25.0 Å². The van der Waals surface area contributed by atoms with E-state index in [4.69, 9.17) is 9.47 Å². The number of hydrogen-bond acceptors (Lipinski definition) is 5. The molecule has 0 bridgehead atoms. The highest BCUT2D eigenvalue weighted by atomic mass is 16.5. The van der Waals surface area contributed by atoms with Gasteiger partial charge in [-0.2, -0.15) is 5.10 Å². The lowest BCUT2D eigenvalue weighted by Crippen LogP contribution is -2.45. The van der Waals surface area contributed by atoms with Gasteiger partial charge in [0.25, 0.3) is 5.91 Å². The molecule has 1 aromatic carbocycles. The number of ether oxygens (including phenoxy) is 2. The average Bonchev–Trinajstić information content (AvgIpc) is 3.12. The van der Waals surface area contributed by atoms with E-state index in [1.165, 1.54) is 0 Å². The first kappa shape index (κ1) is 16.5. The van der Waals surface area contributed by atoms with E-state index in [1.54, 1.807) is 6.07 Å². The van der Waals surface area contributed by atoms with E-state index in [0.29, 0.717) is 25.5 Å². The fraction of sp³-hybridized carbons (Fsp3) is 0.412. The molecule has 2 heterocycles. The number of hydrogen-bond donors (Lipinski definition) is 3. The molecule has 0 radical (unpaired) electrons. The van der Waals surface area contributed by atoms with Gasteiger partial charge in [0, 0.05) is 25.2 Å². The summed E-state index contributed by atoms with van der Waals surface area (Å²) in [6, 6.07) is 9.36. The molecule has 1 amide bonds. The SMILES string of the molecule is CCOc1ccc(-c2cc(C(=O)NCC3CNCCO3)[nH]n2)cc1. The van der Waals surface area contributed by atoms with E-state index in [0.717, 1.165) is 30.1 Å². The fourth-order valence-corrected chi connectivity index (χ4v) is 2.53. The lowest BCUT2D eigenvalue weighted by atomic mass is 10.1. The van der Waals surface area contributed by atoms with Gasteiger partial charge in [-0.1, -0.05) is 0 Å². The molecule has 1 fully saturated rings. The number of aromatic amines is 1. The molecule has 3 rings (SSSR count). The second kappa shape index (κ2) is 7.94. The van der Waals surface area contributed by atoms with Crippen molar-refractivity contribution >= 4 is 5.91 Å². The zero-order chi connectivity index (χ0) is 16.8. The molecular formula is C17H22N4O3. The molecule has 0 spiro atoms. The highest BCUT2D eigenvalue weighted by Gasteiger charge is 2.16. The molecule has 1 unspecified atom stereocenters. The monoisotopic (exact) mass is 330 g/mol. The van der Waals surface area contributed by atoms with Crippen molar-refractivity contribution in [2.45, 2.75) is 13.0 Å². The Kier molecular flexibility index (Phi) is 5.45. The number of H-pyrrole nitrogens is 1. The number of amides is 1. The van der Waals surface area contributed by atoms with Crippen molar-refractivity contribution in [2.75, 3.05) is 32.8 Å². The predicted octanol–water partition coefficient (Wildman–Crippen LogP) is 1.19. The maximum atomic E-state index is 12.2. The van der Waals surface area contributed by atoms with Gasteiger partial charge in [-0.25, -0.2) is 0 Å². The predicted molar refractivity (Wildman–Crippen MR) is 90.1 cm³/mol. The maximum Gasteiger partial charge on any atom is 0.269 e. The topological polar surface area (TPSA) is 88.3 Å². The molecule has 3 N–H and O–H groups in total. The number of aromatic nitrogens is 2. The van der Waals surface area contributed by atoms with Crippen LogP contribution >= 0.6 is 0 Å². The van der Waals surface area contributed by atoms with Crippen LogP contribution in [0.2, 0.25) is 0 Å². The number of carbonyl (C=O) groups is 1. The fourth-order valence-electron chi connectivity index (χ4n) is 2.53. The van der Waals surface area contributed by atoms with Crippen molar-refractivity contribution in [3.8, 4) is 17.0 Å². The Morgan fingerprint density at radius 2 is 2.25 bits per heavy atom. The molecule has 2 aromatic rings. The van der Waals surface area contributed by atoms with E-state index in [-0.39, 0.29) is 12.0 Å². The van der Waals surface area contributed by atoms with Crippen LogP contribution in [0.4, 0.5) is 0 Å². The molecule has 1 aromatic heterocycles. The Morgan fingerprint density at radius 3 is 2.96 bits per heavy atom. The van der Waals surface area contributed by atoms with Crippen molar-refractivity contribution < 1.29 is 14.3 Å². The van der Waals surface area contributed by atoms with E-state index in [9.17, 15) is 4.79 Å². The zero-order valence-electron chi connectivity index (χ0n) is 13.7. The lowest BCUT2D eigenvalue weighted by Gasteiger charge is -2.23. The van der Waals surface area contributed by atoms with Gasteiger partial charge >= 0.3 is 0 Å². The summed E-state index contributed by atoms with van der Waals surface area (Å²) in [5.41, 5.74) is 2.08. The minimum absolute atomic E-state index is 0.0104. The highest BCUT2D eigenvalue weighted by Crippen LogP contribution is 2.21. The Morgan fingerprint density at radius 1 is 1.42 bits per heavy atom. The summed E-state index contributed by atoms with van der Waals surface area (Å²) in [4.78, 5) is 12.2. The summed E-state index contributed by atoms with van der Waals surface area (Å²) in [6.07, 6.45) is 0.0104. The number of nitrogens with zero attached hydrogens (tertiary/aromatic N) is 1. The van der Waals surface area contributed by atoms with Crippen molar-refractivity contribution in [3.63, 3.8) is 0 Å². The molecular weight excluding hydrogens is 308 g/mol. The van der Waals surface area contributed by atoms with E-state index >= 15 is 0 Å². The van der Waals surface area contributed by atoms with Crippen LogP contribution in [0.25, 0.3) is 11.3 Å². The van der Waals surface area contributed by atoms with Crippen LogP contribution in [0.5, 0.6) is 5.75 Å². The molecule has 7 heteroatoms. The Labute approximate surface area is 140 Å². The Bertz CT molecular complexity index is 663. The van der Waals surface area contributed by atoms with Crippen molar-refractivity contribution in [1.29, 1.82) is 0 Å². The van der Waals surface area contributed by atoms with Crippen LogP contribution in [0.1, 0.15) is 17.4 Å². The van der Waals surface area contributed by atoms with Crippen LogP contribution in [0, 0.1) is 0 Å². The van der Waals surface area contributed by atoms with E-state index in [1.807, 2.05) is 31.2 Å². The number of nitrogens with one attached hydrogen (secondary N) is 3. The Balaban J connectivity index is 1.58. The molecule has 7 nitrogen and oxygen atoms in total. The molecule has 128 valence electrons. The molecule has 1 aliphatic heterocycles. The van der Waals surface area contributed by atoms with Gasteiger partial charge in [0.2, 0.25) is 0 Å². The summed E-state index contributed by atoms with van der Waals surface area (Å²) in [5, 5.41) is 13.1. The molecule has 1 aliphatic rings. The zero-order valence-corrected chi connectivity index (χ0v) is 13.7. The van der Waals surface area contributed by atoms with Gasteiger partial charge in [-0.3, -0.25) is 9.89 Å². The Hall–Kier alpha value is -2.38. The maximum absolute atomic E-state index is 12.2. The lowest BCUT2D eigenvalue weighted by molar-refractivity contribution is 0.0286. The first-order valence-corrected chi connectivity index (χ1v) is 8.15. The smallest absolute Gasteiger partial charge is 0.269 e. The van der Waals surface area contributed by atoms with Crippen LogP contribution in [-0.2, 0) is 4.74 Å². The quantitative estimate of drug-likeness (QED) is 0.740. The van der Waals surface area contributed by atoms with Crippen molar-refractivity contribution in [3.05, 3.63) is 36.0 Å². The standard InChI is InChI=1S/C17H22N4O3/c1-2-23-13-5-3-12(4-6-13)15-9-16(21-20-15)17(22)19-11-14-10-18-7-8-24-14/h3-6,9,14,18H,2,7-8,10-11H2,1H3,(H,19,22)(H,20,21). The minimum atomic E-state index is -0.186. The van der Waals surface area contributed by atoms with Crippen molar-refractivity contribution in [2.24, 2.45) is 0 Å². The minimum Gasteiger partial charge on any atom is -0.494 e.